The number of hydrogen-bond donors (Lipinski definition) is 2. The highest BCUT2D eigenvalue weighted by Gasteiger charge is 2.27. The molecule has 0 spiro atoms. The quantitative estimate of drug-likeness (QED) is 0.638. The van der Waals surface area contributed by atoms with Crippen LogP contribution in [-0.2, 0) is 9.59 Å². The largest absolute Gasteiger partial charge is 0.481 e. The van der Waals surface area contributed by atoms with Crippen LogP contribution < -0.4 is 0 Å². The van der Waals surface area contributed by atoms with Crippen molar-refractivity contribution in [1.82, 2.24) is 0 Å². The molecule has 0 fully saturated rings. The van der Waals surface area contributed by atoms with Gasteiger partial charge in [0.15, 0.2) is 0 Å². The van der Waals surface area contributed by atoms with Crippen LogP contribution in [0.5, 0.6) is 0 Å². The van der Waals surface area contributed by atoms with E-state index in [-0.39, 0.29) is 0 Å². The summed E-state index contributed by atoms with van der Waals surface area (Å²) in [4.78, 5) is 20.8. The summed E-state index contributed by atoms with van der Waals surface area (Å²) in [5, 5.41) is 17.0. The third-order valence-corrected chi connectivity index (χ3v) is 1.75. The smallest absolute Gasteiger partial charge is 0.307 e. The lowest BCUT2D eigenvalue weighted by Crippen LogP contribution is -2.26. The fourth-order valence-corrected chi connectivity index (χ4v) is 0.914. The van der Waals surface area contributed by atoms with Crippen LogP contribution in [0.25, 0.3) is 0 Å². The van der Waals surface area contributed by atoms with Gasteiger partial charge in [0.25, 0.3) is 0 Å². The van der Waals surface area contributed by atoms with Gasteiger partial charge in [-0.25, -0.2) is 0 Å². The van der Waals surface area contributed by atoms with Gasteiger partial charge < -0.3 is 10.2 Å². The first-order valence-corrected chi connectivity index (χ1v) is 3.46. The number of hydrogen-bond acceptors (Lipinski definition) is 2. The zero-order valence-electron chi connectivity index (χ0n) is 6.57. The van der Waals surface area contributed by atoms with Crippen molar-refractivity contribution in [2.45, 2.75) is 20.3 Å². The Morgan fingerprint density at radius 1 is 1.27 bits per heavy atom. The van der Waals surface area contributed by atoms with E-state index in [0.29, 0.717) is 6.42 Å². The molecule has 0 amide bonds. The Morgan fingerprint density at radius 3 is 1.82 bits per heavy atom. The van der Waals surface area contributed by atoms with E-state index in [0.717, 1.165) is 0 Å². The van der Waals surface area contributed by atoms with Crippen molar-refractivity contribution in [3.63, 3.8) is 0 Å². The van der Waals surface area contributed by atoms with Gasteiger partial charge in [0.05, 0.1) is 11.8 Å². The van der Waals surface area contributed by atoms with Crippen molar-refractivity contribution >= 4 is 11.9 Å². The lowest BCUT2D eigenvalue weighted by Gasteiger charge is -2.13. The van der Waals surface area contributed by atoms with E-state index in [9.17, 15) is 9.59 Å². The molecule has 0 aromatic carbocycles. The molecule has 2 unspecified atom stereocenters. The van der Waals surface area contributed by atoms with E-state index in [1.54, 1.807) is 6.92 Å². The molecule has 0 bridgehead atoms. The van der Waals surface area contributed by atoms with Gasteiger partial charge in [-0.1, -0.05) is 13.8 Å². The van der Waals surface area contributed by atoms with Crippen molar-refractivity contribution < 1.29 is 19.8 Å². The SMILES string of the molecule is CCC(C(=O)O)C(C)C(=O)O. The predicted octanol–water partition coefficient (Wildman–Crippen LogP) is 0.818. The molecular formula is C7H12O4. The van der Waals surface area contributed by atoms with Crippen molar-refractivity contribution in [2.75, 3.05) is 0 Å². The number of carbonyl (C=O) groups is 2. The molecule has 64 valence electrons. The minimum absolute atomic E-state index is 0.350. The summed E-state index contributed by atoms with van der Waals surface area (Å²) in [5.41, 5.74) is 0. The molecule has 2 N–H and O–H groups in total. The van der Waals surface area contributed by atoms with Crippen molar-refractivity contribution in [1.29, 1.82) is 0 Å². The number of carboxylic acid groups (broad SMARTS) is 2. The molecule has 0 aliphatic carbocycles. The van der Waals surface area contributed by atoms with E-state index in [4.69, 9.17) is 10.2 Å². The van der Waals surface area contributed by atoms with Crippen molar-refractivity contribution in [3.05, 3.63) is 0 Å². The Labute approximate surface area is 64.8 Å². The molecule has 0 aliphatic rings. The minimum Gasteiger partial charge on any atom is -0.481 e. The second-order valence-electron chi connectivity index (χ2n) is 2.48. The van der Waals surface area contributed by atoms with Gasteiger partial charge in [0, 0.05) is 0 Å². The summed E-state index contributed by atoms with van der Waals surface area (Å²) in [6.45, 7) is 3.07. The topological polar surface area (TPSA) is 74.6 Å². The fraction of sp³-hybridized carbons (Fsp3) is 0.714. The Morgan fingerprint density at radius 2 is 1.73 bits per heavy atom. The van der Waals surface area contributed by atoms with E-state index in [1.165, 1.54) is 6.92 Å². The molecule has 0 rings (SSSR count). The standard InChI is InChI=1S/C7H12O4/c1-3-5(7(10)11)4(2)6(8)9/h4-5H,3H2,1-2H3,(H,8,9)(H,10,11). The minimum atomic E-state index is -1.06. The molecule has 4 heteroatoms. The summed E-state index contributed by atoms with van der Waals surface area (Å²) < 4.78 is 0. The van der Waals surface area contributed by atoms with E-state index in [2.05, 4.69) is 0 Å². The van der Waals surface area contributed by atoms with Gasteiger partial charge in [0.2, 0.25) is 0 Å². The maximum absolute atomic E-state index is 10.4. The van der Waals surface area contributed by atoms with Crippen LogP contribution in [0.1, 0.15) is 20.3 Å². The van der Waals surface area contributed by atoms with E-state index >= 15 is 0 Å². The van der Waals surface area contributed by atoms with Crippen molar-refractivity contribution in [3.8, 4) is 0 Å². The molecule has 0 aromatic rings. The summed E-state index contributed by atoms with van der Waals surface area (Å²) in [7, 11) is 0. The molecule has 0 saturated heterocycles. The van der Waals surface area contributed by atoms with E-state index in [1.807, 2.05) is 0 Å². The monoisotopic (exact) mass is 160 g/mol. The summed E-state index contributed by atoms with van der Waals surface area (Å²) in [6.07, 6.45) is 0.350. The molecular weight excluding hydrogens is 148 g/mol. The van der Waals surface area contributed by atoms with Crippen LogP contribution in [0.15, 0.2) is 0 Å². The molecule has 0 saturated carbocycles. The third kappa shape index (κ3) is 2.57. The van der Waals surface area contributed by atoms with Crippen LogP contribution in [0.4, 0.5) is 0 Å². The van der Waals surface area contributed by atoms with Gasteiger partial charge >= 0.3 is 11.9 Å². The molecule has 11 heavy (non-hydrogen) atoms. The predicted molar refractivity (Wildman–Crippen MR) is 38.2 cm³/mol. The average Bonchev–Trinajstić information content (AvgIpc) is 1.88. The highest BCUT2D eigenvalue weighted by Crippen LogP contribution is 2.15. The molecule has 2 atom stereocenters. The van der Waals surface area contributed by atoms with Crippen LogP contribution in [-0.4, -0.2) is 22.2 Å². The van der Waals surface area contributed by atoms with Gasteiger partial charge in [-0.15, -0.1) is 0 Å². The Hall–Kier alpha value is -1.06. The summed E-state index contributed by atoms with van der Waals surface area (Å²) in [6, 6.07) is 0. The van der Waals surface area contributed by atoms with Crippen LogP contribution in [0, 0.1) is 11.8 Å². The highest BCUT2D eigenvalue weighted by molar-refractivity contribution is 5.79. The zero-order valence-corrected chi connectivity index (χ0v) is 6.57. The second-order valence-corrected chi connectivity index (χ2v) is 2.48. The normalized spacial score (nSPS) is 15.5. The Balaban J connectivity index is 4.25. The van der Waals surface area contributed by atoms with Gasteiger partial charge in [-0.3, -0.25) is 9.59 Å². The van der Waals surface area contributed by atoms with Gasteiger partial charge in [-0.05, 0) is 6.42 Å². The Kier molecular flexibility index (Phi) is 3.57. The molecule has 4 nitrogen and oxygen atoms in total. The number of carboxylic acids is 2. The lowest BCUT2D eigenvalue weighted by molar-refractivity contribution is -0.153. The molecule has 0 heterocycles. The van der Waals surface area contributed by atoms with Gasteiger partial charge in [-0.2, -0.15) is 0 Å². The maximum Gasteiger partial charge on any atom is 0.307 e. The van der Waals surface area contributed by atoms with Crippen molar-refractivity contribution in [2.24, 2.45) is 11.8 Å². The first-order valence-electron chi connectivity index (χ1n) is 3.46. The highest BCUT2D eigenvalue weighted by atomic mass is 16.4. The van der Waals surface area contributed by atoms with Gasteiger partial charge in [0.1, 0.15) is 0 Å². The first kappa shape index (κ1) is 9.94. The lowest BCUT2D eigenvalue weighted by atomic mass is 9.92. The molecule has 0 aromatic heterocycles. The Bertz CT molecular complexity index is 164. The van der Waals surface area contributed by atoms with Crippen LogP contribution >= 0.6 is 0 Å². The fourth-order valence-electron chi connectivity index (χ4n) is 0.914. The summed E-state index contributed by atoms with van der Waals surface area (Å²) in [5.74, 6) is -3.67. The number of aliphatic carboxylic acids is 2. The zero-order chi connectivity index (χ0) is 9.02. The van der Waals surface area contributed by atoms with Crippen LogP contribution in [0.3, 0.4) is 0 Å². The maximum atomic E-state index is 10.4. The first-order chi connectivity index (χ1) is 5.00. The third-order valence-electron chi connectivity index (χ3n) is 1.75. The molecule has 0 aliphatic heterocycles. The summed E-state index contributed by atoms with van der Waals surface area (Å²) >= 11 is 0. The number of rotatable bonds is 4. The van der Waals surface area contributed by atoms with Crippen LogP contribution in [0.2, 0.25) is 0 Å². The van der Waals surface area contributed by atoms with E-state index < -0.39 is 23.8 Å². The average molecular weight is 160 g/mol. The second kappa shape index (κ2) is 3.95. The molecule has 0 radical (unpaired) electrons.